The summed E-state index contributed by atoms with van der Waals surface area (Å²) in [5.41, 5.74) is 6.42. The molecule has 168 valence electrons. The molecule has 0 saturated heterocycles. The van der Waals surface area contributed by atoms with Crippen LogP contribution in [-0.4, -0.2) is 74.6 Å². The molecule has 4 unspecified atom stereocenters. The van der Waals surface area contributed by atoms with E-state index in [9.17, 15) is 29.4 Å². The highest BCUT2D eigenvalue weighted by Crippen LogP contribution is 2.05. The fourth-order valence-corrected chi connectivity index (χ4v) is 2.57. The number of H-pyrrole nitrogens is 1. The van der Waals surface area contributed by atoms with E-state index < -0.39 is 54.5 Å². The number of nitrogens with two attached hydrogens (primary N) is 1. The van der Waals surface area contributed by atoms with Gasteiger partial charge in [-0.3, -0.25) is 14.4 Å². The highest BCUT2D eigenvalue weighted by Gasteiger charge is 2.28. The van der Waals surface area contributed by atoms with Crippen LogP contribution in [0, 0.1) is 5.92 Å². The molecule has 4 atom stereocenters. The molecule has 8 N–H and O–H groups in total. The molecule has 1 aromatic heterocycles. The maximum Gasteiger partial charge on any atom is 0.326 e. The van der Waals surface area contributed by atoms with E-state index in [2.05, 4.69) is 25.9 Å². The van der Waals surface area contributed by atoms with Crippen molar-refractivity contribution in [3.8, 4) is 0 Å². The third kappa shape index (κ3) is 8.17. The van der Waals surface area contributed by atoms with E-state index in [1.54, 1.807) is 0 Å². The standard InChI is InChI=1S/C18H30N6O6/c1-9(2)4-13(18(29)30)23-15(26)10(3)22-17(28)14(7-25)24-16(27)12(19)5-11-6-20-8-21-11/h6,8-10,12-14,25H,4-5,7,19H2,1-3H3,(H,20,21)(H,22,28)(H,23,26)(H,24,27)(H,29,30). The first-order chi connectivity index (χ1) is 14.0. The quantitative estimate of drug-likeness (QED) is 0.196. The van der Waals surface area contributed by atoms with Gasteiger partial charge in [-0.1, -0.05) is 13.8 Å². The number of imidazole rings is 1. The summed E-state index contributed by atoms with van der Waals surface area (Å²) in [7, 11) is 0. The summed E-state index contributed by atoms with van der Waals surface area (Å²) >= 11 is 0. The summed E-state index contributed by atoms with van der Waals surface area (Å²) in [4.78, 5) is 54.6. The lowest BCUT2D eigenvalue weighted by molar-refractivity contribution is -0.142. The smallest absolute Gasteiger partial charge is 0.326 e. The number of amides is 3. The maximum absolute atomic E-state index is 12.3. The zero-order valence-electron chi connectivity index (χ0n) is 17.2. The Balaban J connectivity index is 2.60. The second kappa shape index (κ2) is 11.9. The molecule has 12 heteroatoms. The van der Waals surface area contributed by atoms with Crippen LogP contribution in [0.5, 0.6) is 0 Å². The number of aliphatic carboxylic acids is 1. The van der Waals surface area contributed by atoms with Crippen LogP contribution in [0.15, 0.2) is 12.5 Å². The van der Waals surface area contributed by atoms with Crippen LogP contribution in [0.4, 0.5) is 0 Å². The molecule has 0 saturated carbocycles. The number of hydrogen-bond donors (Lipinski definition) is 7. The molecule has 0 bridgehead atoms. The molecule has 0 aliphatic carbocycles. The highest BCUT2D eigenvalue weighted by atomic mass is 16.4. The first-order valence-electron chi connectivity index (χ1n) is 9.52. The Morgan fingerprint density at radius 2 is 1.70 bits per heavy atom. The zero-order chi connectivity index (χ0) is 22.8. The second-order valence-corrected chi connectivity index (χ2v) is 7.39. The molecular formula is C18H30N6O6. The summed E-state index contributed by atoms with van der Waals surface area (Å²) in [5, 5.41) is 25.7. The largest absolute Gasteiger partial charge is 0.480 e. The molecule has 12 nitrogen and oxygen atoms in total. The van der Waals surface area contributed by atoms with E-state index in [0.29, 0.717) is 5.69 Å². The number of nitrogens with zero attached hydrogens (tertiary/aromatic N) is 1. The number of aliphatic hydroxyl groups is 1. The van der Waals surface area contributed by atoms with Gasteiger partial charge in [0.15, 0.2) is 0 Å². The molecule has 1 rings (SSSR count). The second-order valence-electron chi connectivity index (χ2n) is 7.39. The Morgan fingerprint density at radius 3 is 2.20 bits per heavy atom. The Morgan fingerprint density at radius 1 is 1.07 bits per heavy atom. The fourth-order valence-electron chi connectivity index (χ4n) is 2.57. The molecule has 0 fully saturated rings. The molecule has 0 aliphatic rings. The van der Waals surface area contributed by atoms with Crippen molar-refractivity contribution in [2.75, 3.05) is 6.61 Å². The van der Waals surface area contributed by atoms with Crippen molar-refractivity contribution in [1.82, 2.24) is 25.9 Å². The minimum absolute atomic E-state index is 0.0382. The number of aliphatic hydroxyl groups excluding tert-OH is 1. The van der Waals surface area contributed by atoms with Crippen LogP contribution >= 0.6 is 0 Å². The van der Waals surface area contributed by atoms with Gasteiger partial charge < -0.3 is 36.9 Å². The van der Waals surface area contributed by atoms with Gasteiger partial charge in [0, 0.05) is 18.3 Å². The number of nitrogens with one attached hydrogen (secondary N) is 4. The molecule has 0 aromatic carbocycles. The Kier molecular flexibility index (Phi) is 9.92. The molecule has 0 aliphatic heterocycles. The van der Waals surface area contributed by atoms with Crippen molar-refractivity contribution in [2.24, 2.45) is 11.7 Å². The van der Waals surface area contributed by atoms with Gasteiger partial charge in [0.05, 0.1) is 19.0 Å². The predicted molar refractivity (Wildman–Crippen MR) is 106 cm³/mol. The van der Waals surface area contributed by atoms with Crippen LogP contribution in [0.1, 0.15) is 32.9 Å². The van der Waals surface area contributed by atoms with Crippen LogP contribution in [0.3, 0.4) is 0 Å². The van der Waals surface area contributed by atoms with Crippen LogP contribution in [0.2, 0.25) is 0 Å². The molecular weight excluding hydrogens is 396 g/mol. The average Bonchev–Trinajstić information content (AvgIpc) is 3.17. The summed E-state index contributed by atoms with van der Waals surface area (Å²) in [6.07, 6.45) is 3.32. The molecule has 1 heterocycles. The van der Waals surface area contributed by atoms with Crippen LogP contribution in [-0.2, 0) is 25.6 Å². The van der Waals surface area contributed by atoms with Gasteiger partial charge in [0.25, 0.3) is 0 Å². The van der Waals surface area contributed by atoms with Gasteiger partial charge in [-0.15, -0.1) is 0 Å². The van der Waals surface area contributed by atoms with Crippen LogP contribution in [0.25, 0.3) is 0 Å². The third-order valence-corrected chi connectivity index (χ3v) is 4.22. The fraction of sp³-hybridized carbons (Fsp3) is 0.611. The lowest BCUT2D eigenvalue weighted by Gasteiger charge is -2.23. The lowest BCUT2D eigenvalue weighted by Crippen LogP contribution is -2.57. The number of carbonyl (C=O) groups excluding carboxylic acids is 3. The molecule has 30 heavy (non-hydrogen) atoms. The number of aromatic amines is 1. The van der Waals surface area contributed by atoms with E-state index in [4.69, 9.17) is 5.73 Å². The molecule has 3 amide bonds. The van der Waals surface area contributed by atoms with E-state index in [0.717, 1.165) is 0 Å². The zero-order valence-corrected chi connectivity index (χ0v) is 17.2. The Labute approximate surface area is 174 Å². The van der Waals surface area contributed by atoms with Gasteiger partial charge in [0.2, 0.25) is 17.7 Å². The highest BCUT2D eigenvalue weighted by molar-refractivity contribution is 5.94. The van der Waals surface area contributed by atoms with Crippen LogP contribution < -0.4 is 21.7 Å². The average molecular weight is 426 g/mol. The summed E-state index contributed by atoms with van der Waals surface area (Å²) in [6, 6.07) is -4.49. The minimum Gasteiger partial charge on any atom is -0.480 e. The Hall–Kier alpha value is -2.99. The topological polar surface area (TPSA) is 200 Å². The first kappa shape index (κ1) is 25.0. The third-order valence-electron chi connectivity index (χ3n) is 4.22. The van der Waals surface area contributed by atoms with Gasteiger partial charge >= 0.3 is 5.97 Å². The van der Waals surface area contributed by atoms with Crippen molar-refractivity contribution in [3.63, 3.8) is 0 Å². The van der Waals surface area contributed by atoms with Gasteiger partial charge in [-0.05, 0) is 19.3 Å². The van der Waals surface area contributed by atoms with Crippen molar-refractivity contribution in [3.05, 3.63) is 18.2 Å². The predicted octanol–water partition coefficient (Wildman–Crippen LogP) is -2.12. The summed E-state index contributed by atoms with van der Waals surface area (Å²) < 4.78 is 0. The SMILES string of the molecule is CC(C)CC(NC(=O)C(C)NC(=O)C(CO)NC(=O)C(N)Cc1cnc[nH]1)C(=O)O. The number of rotatable bonds is 12. The van der Waals surface area contributed by atoms with E-state index in [1.807, 2.05) is 13.8 Å². The number of aromatic nitrogens is 2. The summed E-state index contributed by atoms with van der Waals surface area (Å²) in [5.74, 6) is -3.31. The number of carbonyl (C=O) groups is 4. The molecule has 1 aromatic rings. The van der Waals surface area contributed by atoms with Gasteiger partial charge in [-0.2, -0.15) is 0 Å². The van der Waals surface area contributed by atoms with E-state index >= 15 is 0 Å². The normalized spacial score (nSPS) is 15.0. The minimum atomic E-state index is -1.33. The van der Waals surface area contributed by atoms with Crippen molar-refractivity contribution >= 4 is 23.7 Å². The van der Waals surface area contributed by atoms with Gasteiger partial charge in [-0.25, -0.2) is 9.78 Å². The van der Waals surface area contributed by atoms with Crippen molar-refractivity contribution in [1.29, 1.82) is 0 Å². The monoisotopic (exact) mass is 426 g/mol. The van der Waals surface area contributed by atoms with E-state index in [1.165, 1.54) is 19.4 Å². The summed E-state index contributed by atoms with van der Waals surface area (Å²) in [6.45, 7) is 4.29. The van der Waals surface area contributed by atoms with Crippen molar-refractivity contribution < 1.29 is 29.4 Å². The number of carboxylic acid groups (broad SMARTS) is 1. The van der Waals surface area contributed by atoms with Gasteiger partial charge in [0.1, 0.15) is 18.1 Å². The first-order valence-corrected chi connectivity index (χ1v) is 9.52. The molecule has 0 radical (unpaired) electrons. The lowest BCUT2D eigenvalue weighted by atomic mass is 10.0. The van der Waals surface area contributed by atoms with Crippen molar-refractivity contribution in [2.45, 2.75) is 57.8 Å². The maximum atomic E-state index is 12.3. The van der Waals surface area contributed by atoms with E-state index in [-0.39, 0.29) is 18.8 Å². The molecule has 0 spiro atoms. The Bertz CT molecular complexity index is 723. The number of hydrogen-bond acceptors (Lipinski definition) is 7. The number of carboxylic acids is 1.